The average molecular weight is 230 g/mol. The van der Waals surface area contributed by atoms with E-state index >= 15 is 0 Å². The van der Waals surface area contributed by atoms with Crippen LogP contribution in [0.5, 0.6) is 0 Å². The van der Waals surface area contributed by atoms with Crippen LogP contribution in [0.1, 0.15) is 51.5 Å². The van der Waals surface area contributed by atoms with E-state index in [0.29, 0.717) is 6.42 Å². The first-order valence-electron chi connectivity index (χ1n) is 6.56. The fraction of sp³-hybridized carbons (Fsp3) is 0.438. The molecule has 0 amide bonds. The summed E-state index contributed by atoms with van der Waals surface area (Å²) in [6.07, 6.45) is 7.06. The third-order valence-corrected chi connectivity index (χ3v) is 2.87. The van der Waals surface area contributed by atoms with Gasteiger partial charge in [-0.25, -0.2) is 0 Å². The van der Waals surface area contributed by atoms with Gasteiger partial charge in [-0.1, -0.05) is 57.0 Å². The van der Waals surface area contributed by atoms with Crippen molar-refractivity contribution >= 4 is 11.9 Å². The van der Waals surface area contributed by atoms with Crippen LogP contribution in [0.3, 0.4) is 0 Å². The maximum atomic E-state index is 11.8. The number of hydrogen-bond acceptors (Lipinski definition) is 1. The van der Waals surface area contributed by atoms with Crippen molar-refractivity contribution in [3.05, 3.63) is 41.5 Å². The van der Waals surface area contributed by atoms with E-state index in [4.69, 9.17) is 0 Å². The molecule has 0 fully saturated rings. The lowest BCUT2D eigenvalue weighted by molar-refractivity contribution is -0.115. The molecule has 0 atom stereocenters. The fourth-order valence-corrected chi connectivity index (χ4v) is 1.84. The zero-order valence-electron chi connectivity index (χ0n) is 10.9. The van der Waals surface area contributed by atoms with Crippen molar-refractivity contribution in [2.75, 3.05) is 0 Å². The Labute approximate surface area is 105 Å². The number of ketones is 1. The molecule has 0 aliphatic carbocycles. The Balaban J connectivity index is 2.75. The van der Waals surface area contributed by atoms with E-state index in [1.807, 2.05) is 43.3 Å². The highest BCUT2D eigenvalue weighted by Crippen LogP contribution is 2.16. The molecule has 0 saturated heterocycles. The molecule has 0 unspecified atom stereocenters. The van der Waals surface area contributed by atoms with Gasteiger partial charge in [0.2, 0.25) is 0 Å². The second kappa shape index (κ2) is 7.83. The predicted molar refractivity (Wildman–Crippen MR) is 73.9 cm³/mol. The van der Waals surface area contributed by atoms with E-state index in [2.05, 4.69) is 6.92 Å². The van der Waals surface area contributed by atoms with Gasteiger partial charge in [-0.2, -0.15) is 0 Å². The predicted octanol–water partition coefficient (Wildman–Crippen LogP) is 4.63. The van der Waals surface area contributed by atoms with Crippen LogP contribution in [0.2, 0.25) is 0 Å². The number of carbonyl (C=O) groups excluding carboxylic acids is 1. The first-order chi connectivity index (χ1) is 8.27. The third kappa shape index (κ3) is 4.99. The summed E-state index contributed by atoms with van der Waals surface area (Å²) in [6.45, 7) is 4.11. The van der Waals surface area contributed by atoms with Gasteiger partial charge in [0.1, 0.15) is 0 Å². The van der Waals surface area contributed by atoms with Crippen LogP contribution in [0.4, 0.5) is 0 Å². The highest BCUT2D eigenvalue weighted by atomic mass is 16.1. The molecule has 17 heavy (non-hydrogen) atoms. The molecule has 0 radical (unpaired) electrons. The van der Waals surface area contributed by atoms with Crippen LogP contribution in [-0.4, -0.2) is 5.78 Å². The summed E-state index contributed by atoms with van der Waals surface area (Å²) in [7, 11) is 0. The molecule has 0 heterocycles. The molecule has 0 aliphatic heterocycles. The Kier molecular flexibility index (Phi) is 6.31. The smallest absolute Gasteiger partial charge is 0.158 e. The molecule has 0 aromatic heterocycles. The highest BCUT2D eigenvalue weighted by Gasteiger charge is 2.06. The largest absolute Gasteiger partial charge is 0.295 e. The molecule has 0 N–H and O–H groups in total. The van der Waals surface area contributed by atoms with Crippen molar-refractivity contribution in [2.45, 2.75) is 46.0 Å². The number of benzene rings is 1. The molecule has 1 aromatic rings. The zero-order chi connectivity index (χ0) is 12.5. The Morgan fingerprint density at radius 1 is 1.12 bits per heavy atom. The molecule has 1 aromatic carbocycles. The minimum absolute atomic E-state index is 0.282. The van der Waals surface area contributed by atoms with Gasteiger partial charge in [0.05, 0.1) is 0 Å². The van der Waals surface area contributed by atoms with E-state index < -0.39 is 0 Å². The number of rotatable bonds is 7. The molecular formula is C16H22O. The number of Topliss-reactive ketones (excluding diaryl/α,β-unsaturated/α-hetero) is 1. The summed E-state index contributed by atoms with van der Waals surface area (Å²) >= 11 is 0. The topological polar surface area (TPSA) is 17.1 Å². The van der Waals surface area contributed by atoms with Crippen LogP contribution in [-0.2, 0) is 4.79 Å². The second-order valence-corrected chi connectivity index (χ2v) is 4.31. The quantitative estimate of drug-likeness (QED) is 0.493. The maximum absolute atomic E-state index is 11.8. The van der Waals surface area contributed by atoms with Crippen molar-refractivity contribution < 1.29 is 4.79 Å². The molecule has 0 saturated carbocycles. The molecule has 1 heteroatoms. The Morgan fingerprint density at radius 3 is 2.41 bits per heavy atom. The van der Waals surface area contributed by atoms with Crippen molar-refractivity contribution in [1.82, 2.24) is 0 Å². The van der Waals surface area contributed by atoms with Gasteiger partial charge in [-0.15, -0.1) is 0 Å². The minimum atomic E-state index is 0.282. The highest BCUT2D eigenvalue weighted by molar-refractivity contribution is 5.99. The number of unbranched alkanes of at least 4 members (excludes halogenated alkanes) is 2. The molecule has 0 aliphatic rings. The van der Waals surface area contributed by atoms with Gasteiger partial charge in [-0.3, -0.25) is 4.79 Å². The van der Waals surface area contributed by atoms with Crippen LogP contribution >= 0.6 is 0 Å². The molecular weight excluding hydrogens is 208 g/mol. The average Bonchev–Trinajstić information content (AvgIpc) is 2.38. The van der Waals surface area contributed by atoms with Gasteiger partial charge in [0.15, 0.2) is 5.78 Å². The Morgan fingerprint density at radius 2 is 1.82 bits per heavy atom. The summed E-state index contributed by atoms with van der Waals surface area (Å²) in [5, 5.41) is 0. The molecule has 92 valence electrons. The third-order valence-electron chi connectivity index (χ3n) is 2.87. The van der Waals surface area contributed by atoms with Crippen molar-refractivity contribution in [3.8, 4) is 0 Å². The summed E-state index contributed by atoms with van der Waals surface area (Å²) in [5.74, 6) is 0.282. The normalized spacial score (nSPS) is 11.5. The monoisotopic (exact) mass is 230 g/mol. The number of hydrogen-bond donors (Lipinski definition) is 0. The molecule has 0 bridgehead atoms. The van der Waals surface area contributed by atoms with E-state index in [0.717, 1.165) is 24.0 Å². The second-order valence-electron chi connectivity index (χ2n) is 4.31. The lowest BCUT2D eigenvalue weighted by Gasteiger charge is -2.05. The van der Waals surface area contributed by atoms with Crippen LogP contribution < -0.4 is 0 Å². The van der Waals surface area contributed by atoms with Gasteiger partial charge in [0.25, 0.3) is 0 Å². The van der Waals surface area contributed by atoms with Crippen molar-refractivity contribution in [3.63, 3.8) is 0 Å². The number of carbonyl (C=O) groups is 1. The first kappa shape index (κ1) is 13.7. The Hall–Kier alpha value is -1.37. The van der Waals surface area contributed by atoms with Gasteiger partial charge < -0.3 is 0 Å². The van der Waals surface area contributed by atoms with Gasteiger partial charge in [0, 0.05) is 6.42 Å². The summed E-state index contributed by atoms with van der Waals surface area (Å²) in [6, 6.07) is 10.1. The summed E-state index contributed by atoms with van der Waals surface area (Å²) in [4.78, 5) is 11.8. The maximum Gasteiger partial charge on any atom is 0.158 e. The standard InChI is InChI=1S/C16H22O/c1-3-5-7-12-15(16(17)4-2)13-14-10-8-6-9-11-14/h6,8-11,13H,3-5,7,12H2,1-2H3/b15-13+. The van der Waals surface area contributed by atoms with Gasteiger partial charge >= 0.3 is 0 Å². The van der Waals surface area contributed by atoms with Crippen molar-refractivity contribution in [1.29, 1.82) is 0 Å². The first-order valence-corrected chi connectivity index (χ1v) is 6.56. The molecule has 1 nitrogen and oxygen atoms in total. The zero-order valence-corrected chi connectivity index (χ0v) is 10.9. The molecule has 0 spiro atoms. The summed E-state index contributed by atoms with van der Waals surface area (Å²) in [5.41, 5.74) is 2.10. The number of allylic oxidation sites excluding steroid dienone is 1. The van der Waals surface area contributed by atoms with Crippen LogP contribution in [0.25, 0.3) is 6.08 Å². The molecule has 1 rings (SSSR count). The van der Waals surface area contributed by atoms with Crippen LogP contribution in [0.15, 0.2) is 35.9 Å². The fourth-order valence-electron chi connectivity index (χ4n) is 1.84. The van der Waals surface area contributed by atoms with E-state index in [-0.39, 0.29) is 5.78 Å². The minimum Gasteiger partial charge on any atom is -0.295 e. The lowest BCUT2D eigenvalue weighted by atomic mass is 9.99. The lowest BCUT2D eigenvalue weighted by Crippen LogP contribution is -2.00. The van der Waals surface area contributed by atoms with E-state index in [1.54, 1.807) is 0 Å². The summed E-state index contributed by atoms with van der Waals surface area (Å²) < 4.78 is 0. The van der Waals surface area contributed by atoms with Crippen LogP contribution in [0, 0.1) is 0 Å². The van der Waals surface area contributed by atoms with E-state index in [9.17, 15) is 4.79 Å². The van der Waals surface area contributed by atoms with E-state index in [1.165, 1.54) is 12.8 Å². The Bertz CT molecular complexity index is 362. The van der Waals surface area contributed by atoms with Gasteiger partial charge in [-0.05, 0) is 30.1 Å². The SMILES string of the molecule is CCCCC/C(=C\c1ccccc1)C(=O)CC. The van der Waals surface area contributed by atoms with Crippen molar-refractivity contribution in [2.24, 2.45) is 0 Å².